The zero-order valence-corrected chi connectivity index (χ0v) is 26.2. The Morgan fingerprint density at radius 2 is 1.64 bits per heavy atom. The van der Waals surface area contributed by atoms with Crippen molar-refractivity contribution < 1.29 is 19.2 Å². The number of carbonyl (C=O) groups is 4. The molecule has 2 unspecified atom stereocenters. The molecular weight excluding hydrogens is 556 g/mol. The summed E-state index contributed by atoms with van der Waals surface area (Å²) in [5, 5.41) is 12.2. The van der Waals surface area contributed by atoms with E-state index in [9.17, 15) is 19.2 Å². The topological polar surface area (TPSA) is 133 Å². The van der Waals surface area contributed by atoms with Crippen molar-refractivity contribution in [3.63, 3.8) is 0 Å². The van der Waals surface area contributed by atoms with E-state index in [-0.39, 0.29) is 29.7 Å². The number of carbonyl (C=O) groups excluding carboxylic acids is 4. The van der Waals surface area contributed by atoms with Crippen molar-refractivity contribution in [2.24, 2.45) is 5.92 Å². The van der Waals surface area contributed by atoms with Gasteiger partial charge in [-0.3, -0.25) is 29.2 Å². The highest BCUT2D eigenvalue weighted by atomic mass is 16.2. The summed E-state index contributed by atoms with van der Waals surface area (Å²) < 4.78 is 0. The van der Waals surface area contributed by atoms with Crippen LogP contribution in [0.2, 0.25) is 0 Å². The maximum absolute atomic E-state index is 13.7. The van der Waals surface area contributed by atoms with Crippen LogP contribution in [0, 0.1) is 5.92 Å². The summed E-state index contributed by atoms with van der Waals surface area (Å²) >= 11 is 0. The summed E-state index contributed by atoms with van der Waals surface area (Å²) in [6.45, 7) is 11.3. The van der Waals surface area contributed by atoms with Gasteiger partial charge in [0.2, 0.25) is 17.7 Å². The van der Waals surface area contributed by atoms with Crippen molar-refractivity contribution in [1.29, 1.82) is 0 Å². The first kappa shape index (κ1) is 31.1. The normalized spacial score (nSPS) is 24.8. The maximum Gasteiger partial charge on any atom is 0.258 e. The molecule has 3 heterocycles. The Labute approximate surface area is 258 Å². The van der Waals surface area contributed by atoms with Gasteiger partial charge in [-0.1, -0.05) is 44.2 Å². The van der Waals surface area contributed by atoms with Gasteiger partial charge < -0.3 is 16.0 Å². The monoisotopic (exact) mass is 598 g/mol. The van der Waals surface area contributed by atoms with Crippen molar-refractivity contribution >= 4 is 34.4 Å². The molecular formula is C34H42N6O4. The molecule has 4 atom stereocenters. The van der Waals surface area contributed by atoms with Crippen molar-refractivity contribution in [3.05, 3.63) is 65.9 Å². The molecule has 10 heteroatoms. The highest BCUT2D eigenvalue weighted by molar-refractivity contribution is 5.95. The molecule has 0 radical (unpaired) electrons. The number of pyridine rings is 1. The lowest BCUT2D eigenvalue weighted by Gasteiger charge is -2.35. The van der Waals surface area contributed by atoms with Gasteiger partial charge in [0.05, 0.1) is 17.2 Å². The first-order valence-electron chi connectivity index (χ1n) is 15.3. The number of aromatic nitrogens is 1. The predicted molar refractivity (Wildman–Crippen MR) is 169 cm³/mol. The number of rotatable bonds is 1. The van der Waals surface area contributed by atoms with Gasteiger partial charge >= 0.3 is 0 Å². The molecule has 1 aromatic heterocycles. The number of benzene rings is 2. The third kappa shape index (κ3) is 6.31. The molecule has 2 aliphatic rings. The lowest BCUT2D eigenvalue weighted by molar-refractivity contribution is -0.143. The summed E-state index contributed by atoms with van der Waals surface area (Å²) in [5.74, 6) is -1.54. The fourth-order valence-corrected chi connectivity index (χ4v) is 5.77. The van der Waals surface area contributed by atoms with E-state index in [2.05, 4.69) is 27.4 Å². The van der Waals surface area contributed by atoms with E-state index >= 15 is 0 Å². The number of hydrogen-bond acceptors (Lipinski definition) is 6. The molecule has 4 N–H and O–H groups in total. The van der Waals surface area contributed by atoms with Crippen molar-refractivity contribution in [2.45, 2.75) is 84.0 Å². The molecule has 0 spiro atoms. The molecule has 0 saturated carbocycles. The summed E-state index contributed by atoms with van der Waals surface area (Å²) in [6, 6.07) is 13.2. The molecule has 7 bridgehead atoms. The Kier molecular flexibility index (Phi) is 8.74. The van der Waals surface area contributed by atoms with Crippen LogP contribution in [0.4, 0.5) is 0 Å². The second kappa shape index (κ2) is 12.4. The molecule has 4 amide bonds. The van der Waals surface area contributed by atoms with Crippen LogP contribution >= 0.6 is 0 Å². The van der Waals surface area contributed by atoms with Crippen molar-refractivity contribution in [2.75, 3.05) is 6.54 Å². The largest absolute Gasteiger partial charge is 0.348 e. The molecule has 2 aromatic carbocycles. The van der Waals surface area contributed by atoms with Crippen molar-refractivity contribution in [1.82, 2.24) is 31.4 Å². The number of nitrogens with one attached hydrogen (secondary N) is 4. The lowest BCUT2D eigenvalue weighted by atomic mass is 9.82. The predicted octanol–water partition coefficient (Wildman–Crippen LogP) is 3.51. The number of hydrogen-bond donors (Lipinski definition) is 4. The highest BCUT2D eigenvalue weighted by Crippen LogP contribution is 2.30. The van der Waals surface area contributed by atoms with Crippen LogP contribution in [0.3, 0.4) is 0 Å². The smallest absolute Gasteiger partial charge is 0.258 e. The number of amides is 4. The second-order valence-electron chi connectivity index (χ2n) is 12.9. The highest BCUT2D eigenvalue weighted by Gasteiger charge is 2.36. The molecule has 44 heavy (non-hydrogen) atoms. The SMILES string of the molecule is CC(C)C1NC(=O)C(C)(C)c2cccc(c2)-c2cc3cc(ccc3cn2)[C@@H](C)NC(=O)C2CCCN(N2)C(=O)[C@H](C)NC1=O. The summed E-state index contributed by atoms with van der Waals surface area (Å²) in [4.78, 5) is 58.5. The summed E-state index contributed by atoms with van der Waals surface area (Å²) in [7, 11) is 0. The van der Waals surface area contributed by atoms with Crippen LogP contribution in [0.15, 0.2) is 54.7 Å². The quantitative estimate of drug-likeness (QED) is 0.339. The van der Waals surface area contributed by atoms with Crippen LogP contribution in [-0.2, 0) is 24.6 Å². The van der Waals surface area contributed by atoms with E-state index in [1.807, 2.05) is 83.3 Å². The number of fused-ring (bicyclic) bond motifs is 7. The molecule has 3 aromatic rings. The minimum absolute atomic E-state index is 0.202. The van der Waals surface area contributed by atoms with Gasteiger partial charge in [0, 0.05) is 23.7 Å². The molecule has 1 saturated heterocycles. The molecule has 1 fully saturated rings. The summed E-state index contributed by atoms with van der Waals surface area (Å²) in [6.07, 6.45) is 3.04. The van der Waals surface area contributed by atoms with Gasteiger partial charge in [-0.15, -0.1) is 0 Å². The van der Waals surface area contributed by atoms with Crippen LogP contribution < -0.4 is 21.4 Å². The first-order chi connectivity index (χ1) is 20.8. The average molecular weight is 599 g/mol. The van der Waals surface area contributed by atoms with E-state index in [0.717, 1.165) is 33.2 Å². The van der Waals surface area contributed by atoms with Gasteiger partial charge in [0.25, 0.3) is 5.91 Å². The van der Waals surface area contributed by atoms with Crippen molar-refractivity contribution in [3.8, 4) is 11.3 Å². The van der Waals surface area contributed by atoms with Crippen LogP contribution in [0.1, 0.15) is 71.6 Å². The minimum Gasteiger partial charge on any atom is -0.348 e. The van der Waals surface area contributed by atoms with E-state index in [1.165, 1.54) is 5.01 Å². The zero-order chi connectivity index (χ0) is 31.8. The van der Waals surface area contributed by atoms with Gasteiger partial charge in [-0.05, 0) is 81.2 Å². The number of nitrogens with zero attached hydrogens (tertiary/aromatic N) is 2. The third-order valence-corrected chi connectivity index (χ3v) is 8.79. The lowest BCUT2D eigenvalue weighted by Crippen LogP contribution is -2.62. The van der Waals surface area contributed by atoms with E-state index < -0.39 is 29.4 Å². The Morgan fingerprint density at radius 3 is 2.39 bits per heavy atom. The third-order valence-electron chi connectivity index (χ3n) is 8.79. The fraction of sp³-hybridized carbons (Fsp3) is 0.441. The molecule has 5 rings (SSSR count). The minimum atomic E-state index is -0.966. The fourth-order valence-electron chi connectivity index (χ4n) is 5.77. The second-order valence-corrected chi connectivity index (χ2v) is 12.9. The van der Waals surface area contributed by atoms with Crippen LogP contribution in [0.5, 0.6) is 0 Å². The van der Waals surface area contributed by atoms with Gasteiger partial charge in [0.15, 0.2) is 0 Å². The molecule has 2 aliphatic heterocycles. The number of hydrazine groups is 1. The molecule has 10 nitrogen and oxygen atoms in total. The Balaban J connectivity index is 1.55. The summed E-state index contributed by atoms with van der Waals surface area (Å²) in [5.41, 5.74) is 5.44. The van der Waals surface area contributed by atoms with E-state index in [1.54, 1.807) is 6.92 Å². The Hall–Kier alpha value is -4.31. The average Bonchev–Trinajstić information content (AvgIpc) is 3.01. The zero-order valence-electron chi connectivity index (χ0n) is 26.2. The van der Waals surface area contributed by atoms with E-state index in [0.29, 0.717) is 19.4 Å². The molecule has 232 valence electrons. The maximum atomic E-state index is 13.7. The van der Waals surface area contributed by atoms with Gasteiger partial charge in [0.1, 0.15) is 18.1 Å². The van der Waals surface area contributed by atoms with Crippen LogP contribution in [0.25, 0.3) is 22.0 Å². The van der Waals surface area contributed by atoms with E-state index in [4.69, 9.17) is 4.98 Å². The Bertz CT molecular complexity index is 1600. The molecule has 0 aliphatic carbocycles. The van der Waals surface area contributed by atoms with Gasteiger partial charge in [-0.2, -0.15) is 0 Å². The standard InChI is InChI=1S/C34H42N6O4/c1-19(2)29-31(42)37-21(4)32(43)40-14-8-11-27(39-40)30(41)36-20(3)22-12-13-24-18-35-28(17-25(24)15-22)23-9-7-10-26(16-23)34(5,6)33(44)38-29/h7,9-10,12-13,15-21,27,29,39H,8,11,14H2,1-6H3,(H,36,41)(H,37,42)(H,38,44)/t20-,21+,27?,29?/m1/s1. The Morgan fingerprint density at radius 1 is 0.886 bits per heavy atom. The first-order valence-corrected chi connectivity index (χ1v) is 15.3. The van der Waals surface area contributed by atoms with Gasteiger partial charge in [-0.25, -0.2) is 5.43 Å². The van der Waals surface area contributed by atoms with Crippen LogP contribution in [-0.4, -0.2) is 58.3 Å².